The van der Waals surface area contributed by atoms with E-state index in [1.54, 1.807) is 7.11 Å². The second-order valence-electron chi connectivity index (χ2n) is 6.87. The fourth-order valence-corrected chi connectivity index (χ4v) is 3.52. The van der Waals surface area contributed by atoms with Gasteiger partial charge in [-0.3, -0.25) is 4.99 Å². The van der Waals surface area contributed by atoms with Gasteiger partial charge in [-0.1, -0.05) is 0 Å². The molecule has 1 atom stereocenters. The molecule has 2 rings (SSSR count). The summed E-state index contributed by atoms with van der Waals surface area (Å²) >= 11 is 0. The second-order valence-corrected chi connectivity index (χ2v) is 6.87. The van der Waals surface area contributed by atoms with Gasteiger partial charge in [-0.15, -0.1) is 0 Å². The van der Waals surface area contributed by atoms with Crippen LogP contribution in [-0.4, -0.2) is 88.0 Å². The molecule has 140 valence electrons. The highest BCUT2D eigenvalue weighted by atomic mass is 16.5. The van der Waals surface area contributed by atoms with Gasteiger partial charge in [-0.05, 0) is 52.6 Å². The van der Waals surface area contributed by atoms with Crippen LogP contribution in [0.15, 0.2) is 4.99 Å². The number of piperidine rings is 1. The predicted molar refractivity (Wildman–Crippen MR) is 98.7 cm³/mol. The van der Waals surface area contributed by atoms with Crippen molar-refractivity contribution < 1.29 is 9.47 Å². The molecule has 0 bridgehead atoms. The number of guanidine groups is 1. The highest BCUT2D eigenvalue weighted by Crippen LogP contribution is 2.16. The lowest BCUT2D eigenvalue weighted by atomic mass is 10.1. The summed E-state index contributed by atoms with van der Waals surface area (Å²) in [6.07, 6.45) is 6.12. The molecule has 0 spiro atoms. The molecular formula is C18H36N4O2. The van der Waals surface area contributed by atoms with Crippen molar-refractivity contribution in [2.45, 2.75) is 51.2 Å². The SMILES string of the molecule is CCNC(=NCC1CCCN1C)N1CCC(OCCCOC)CC1. The number of rotatable bonds is 8. The molecule has 2 heterocycles. The Labute approximate surface area is 147 Å². The van der Waals surface area contributed by atoms with Crippen LogP contribution >= 0.6 is 0 Å². The Morgan fingerprint density at radius 1 is 1.17 bits per heavy atom. The fourth-order valence-electron chi connectivity index (χ4n) is 3.52. The number of hydrogen-bond donors (Lipinski definition) is 1. The van der Waals surface area contributed by atoms with Crippen LogP contribution in [0.25, 0.3) is 0 Å². The third-order valence-corrected chi connectivity index (χ3v) is 5.05. The van der Waals surface area contributed by atoms with Gasteiger partial charge in [0, 0.05) is 46.0 Å². The van der Waals surface area contributed by atoms with Crippen LogP contribution in [0.5, 0.6) is 0 Å². The molecule has 6 heteroatoms. The molecular weight excluding hydrogens is 304 g/mol. The van der Waals surface area contributed by atoms with Crippen molar-refractivity contribution in [2.24, 2.45) is 4.99 Å². The average Bonchev–Trinajstić information content (AvgIpc) is 3.01. The van der Waals surface area contributed by atoms with Crippen molar-refractivity contribution in [1.82, 2.24) is 15.1 Å². The molecule has 0 amide bonds. The number of likely N-dealkylation sites (tertiary alicyclic amines) is 2. The maximum atomic E-state index is 5.95. The first-order valence-corrected chi connectivity index (χ1v) is 9.58. The van der Waals surface area contributed by atoms with E-state index in [2.05, 4.69) is 29.1 Å². The molecule has 0 aromatic carbocycles. The first-order chi connectivity index (χ1) is 11.7. The summed E-state index contributed by atoms with van der Waals surface area (Å²) in [5.41, 5.74) is 0. The summed E-state index contributed by atoms with van der Waals surface area (Å²) in [6.45, 7) is 8.83. The first-order valence-electron chi connectivity index (χ1n) is 9.58. The van der Waals surface area contributed by atoms with Crippen molar-refractivity contribution in [1.29, 1.82) is 0 Å². The number of likely N-dealkylation sites (N-methyl/N-ethyl adjacent to an activating group) is 1. The molecule has 1 unspecified atom stereocenters. The van der Waals surface area contributed by atoms with Gasteiger partial charge in [0.25, 0.3) is 0 Å². The Morgan fingerprint density at radius 3 is 2.58 bits per heavy atom. The molecule has 2 saturated heterocycles. The van der Waals surface area contributed by atoms with Crippen LogP contribution in [0.1, 0.15) is 39.0 Å². The van der Waals surface area contributed by atoms with E-state index in [0.717, 1.165) is 64.6 Å². The van der Waals surface area contributed by atoms with Gasteiger partial charge in [0.15, 0.2) is 5.96 Å². The third-order valence-electron chi connectivity index (χ3n) is 5.05. The topological polar surface area (TPSA) is 49.3 Å². The number of nitrogens with zero attached hydrogens (tertiary/aromatic N) is 3. The van der Waals surface area contributed by atoms with Gasteiger partial charge in [0.1, 0.15) is 0 Å². The molecule has 2 fully saturated rings. The fraction of sp³-hybridized carbons (Fsp3) is 0.944. The molecule has 1 N–H and O–H groups in total. The van der Waals surface area contributed by atoms with E-state index in [-0.39, 0.29) is 0 Å². The summed E-state index contributed by atoms with van der Waals surface area (Å²) in [5.74, 6) is 1.08. The Bertz CT molecular complexity index is 370. The van der Waals surface area contributed by atoms with E-state index in [4.69, 9.17) is 14.5 Å². The molecule has 2 aliphatic heterocycles. The second kappa shape index (κ2) is 10.9. The lowest BCUT2D eigenvalue weighted by Gasteiger charge is -2.34. The molecule has 0 saturated carbocycles. The van der Waals surface area contributed by atoms with Crippen molar-refractivity contribution in [2.75, 3.05) is 60.1 Å². The average molecular weight is 341 g/mol. The maximum Gasteiger partial charge on any atom is 0.193 e. The predicted octanol–water partition coefficient (Wildman–Crippen LogP) is 1.56. The molecule has 6 nitrogen and oxygen atoms in total. The van der Waals surface area contributed by atoms with Gasteiger partial charge in [-0.2, -0.15) is 0 Å². The minimum absolute atomic E-state index is 0.391. The Balaban J connectivity index is 1.75. The van der Waals surface area contributed by atoms with Gasteiger partial charge in [0.05, 0.1) is 12.6 Å². The van der Waals surface area contributed by atoms with E-state index in [1.807, 2.05) is 0 Å². The lowest BCUT2D eigenvalue weighted by molar-refractivity contribution is 0.00989. The lowest BCUT2D eigenvalue weighted by Crippen LogP contribution is -2.47. The third kappa shape index (κ3) is 6.22. The van der Waals surface area contributed by atoms with Crippen LogP contribution in [0, 0.1) is 0 Å². The summed E-state index contributed by atoms with van der Waals surface area (Å²) < 4.78 is 11.0. The highest BCUT2D eigenvalue weighted by molar-refractivity contribution is 5.80. The highest BCUT2D eigenvalue weighted by Gasteiger charge is 2.24. The van der Waals surface area contributed by atoms with E-state index in [0.29, 0.717) is 12.1 Å². The zero-order valence-corrected chi connectivity index (χ0v) is 15.8. The van der Waals surface area contributed by atoms with Gasteiger partial charge in [0.2, 0.25) is 0 Å². The van der Waals surface area contributed by atoms with E-state index in [9.17, 15) is 0 Å². The first kappa shape index (κ1) is 19.5. The van der Waals surface area contributed by atoms with E-state index in [1.165, 1.54) is 19.4 Å². The Kier molecular flexibility index (Phi) is 8.84. The minimum Gasteiger partial charge on any atom is -0.385 e. The molecule has 0 aliphatic carbocycles. The number of hydrogen-bond acceptors (Lipinski definition) is 4. The quantitative estimate of drug-likeness (QED) is 0.413. The monoisotopic (exact) mass is 340 g/mol. The maximum absolute atomic E-state index is 5.95. The largest absolute Gasteiger partial charge is 0.385 e. The Hall–Kier alpha value is -0.850. The van der Waals surface area contributed by atoms with Crippen LogP contribution < -0.4 is 5.32 Å². The van der Waals surface area contributed by atoms with Crippen LogP contribution in [0.2, 0.25) is 0 Å². The van der Waals surface area contributed by atoms with Crippen LogP contribution in [0.4, 0.5) is 0 Å². The molecule has 2 aliphatic rings. The number of aliphatic imine (C=N–C) groups is 1. The molecule has 0 radical (unpaired) electrons. The van der Waals surface area contributed by atoms with Crippen LogP contribution in [-0.2, 0) is 9.47 Å². The van der Waals surface area contributed by atoms with Crippen molar-refractivity contribution in [3.63, 3.8) is 0 Å². The number of nitrogens with one attached hydrogen (secondary N) is 1. The zero-order valence-electron chi connectivity index (χ0n) is 15.8. The van der Waals surface area contributed by atoms with Crippen LogP contribution in [0.3, 0.4) is 0 Å². The summed E-state index contributed by atoms with van der Waals surface area (Å²) in [5, 5.41) is 3.47. The van der Waals surface area contributed by atoms with E-state index >= 15 is 0 Å². The summed E-state index contributed by atoms with van der Waals surface area (Å²) in [7, 11) is 3.95. The van der Waals surface area contributed by atoms with Gasteiger partial charge >= 0.3 is 0 Å². The number of methoxy groups -OCH3 is 1. The summed E-state index contributed by atoms with van der Waals surface area (Å²) in [6, 6.07) is 0.611. The van der Waals surface area contributed by atoms with Crippen molar-refractivity contribution in [3.8, 4) is 0 Å². The van der Waals surface area contributed by atoms with Gasteiger partial charge < -0.3 is 24.6 Å². The number of ether oxygens (including phenoxy) is 2. The normalized spacial score (nSPS) is 23.9. The smallest absolute Gasteiger partial charge is 0.193 e. The Morgan fingerprint density at radius 2 is 1.96 bits per heavy atom. The zero-order chi connectivity index (χ0) is 17.2. The van der Waals surface area contributed by atoms with Gasteiger partial charge in [-0.25, -0.2) is 0 Å². The molecule has 0 aromatic heterocycles. The molecule has 24 heavy (non-hydrogen) atoms. The van der Waals surface area contributed by atoms with E-state index < -0.39 is 0 Å². The standard InChI is InChI=1S/C18H36N4O2/c1-4-19-18(20-15-16-7-5-10-21(16)2)22-11-8-17(9-12-22)24-14-6-13-23-3/h16-17H,4-15H2,1-3H3,(H,19,20). The van der Waals surface area contributed by atoms with Crippen molar-refractivity contribution >= 4 is 5.96 Å². The minimum atomic E-state index is 0.391. The summed E-state index contributed by atoms with van der Waals surface area (Å²) in [4.78, 5) is 9.75. The van der Waals surface area contributed by atoms with Crippen molar-refractivity contribution in [3.05, 3.63) is 0 Å². The molecule has 0 aromatic rings.